The fourth-order valence-corrected chi connectivity index (χ4v) is 1.04. The first-order valence-corrected chi connectivity index (χ1v) is 3.80. The predicted octanol–water partition coefficient (Wildman–Crippen LogP) is 1.76. The molecule has 13 heavy (non-hydrogen) atoms. The maximum atomic E-state index is 13.0. The second-order valence-corrected chi connectivity index (χ2v) is 2.80. The number of halogens is 2. The second-order valence-electron chi connectivity index (χ2n) is 2.80. The zero-order valence-electron chi connectivity index (χ0n) is 7.33. The van der Waals surface area contributed by atoms with Crippen molar-refractivity contribution in [3.63, 3.8) is 0 Å². The predicted molar refractivity (Wildman–Crippen MR) is 52.2 cm³/mol. The van der Waals surface area contributed by atoms with Crippen molar-refractivity contribution in [3.05, 3.63) is 35.1 Å². The second kappa shape index (κ2) is 5.17. The molecule has 4 heteroatoms. The minimum atomic E-state index is -0.337. The summed E-state index contributed by atoms with van der Waals surface area (Å²) in [6, 6.07) is 4.11. The van der Waals surface area contributed by atoms with E-state index in [0.29, 0.717) is 11.1 Å². The summed E-state index contributed by atoms with van der Waals surface area (Å²) >= 11 is 0. The van der Waals surface area contributed by atoms with Crippen LogP contribution in [0.3, 0.4) is 0 Å². The van der Waals surface area contributed by atoms with E-state index in [9.17, 15) is 4.39 Å². The van der Waals surface area contributed by atoms with Crippen LogP contribution in [-0.4, -0.2) is 5.11 Å². The normalized spacial score (nSPS) is 12.0. The molecule has 0 aliphatic rings. The molecule has 1 aromatic carbocycles. The third-order valence-corrected chi connectivity index (χ3v) is 1.73. The molecule has 0 aliphatic carbocycles. The monoisotopic (exact) mass is 205 g/mol. The van der Waals surface area contributed by atoms with E-state index < -0.39 is 0 Å². The number of nitrogens with two attached hydrogens (primary N) is 1. The van der Waals surface area contributed by atoms with Crippen LogP contribution < -0.4 is 5.73 Å². The molecule has 0 saturated heterocycles. The summed E-state index contributed by atoms with van der Waals surface area (Å²) in [6.07, 6.45) is 0. The molecule has 0 spiro atoms. The molecule has 74 valence electrons. The standard InChI is InChI=1S/C9H12FNO.ClH/c1-6(11)8-4-7(5-12)2-3-9(8)10;/h2-4,6,12H,5,11H2,1H3;1H/t6-;/m1./s1. The van der Waals surface area contributed by atoms with Crippen LogP contribution in [0.2, 0.25) is 0 Å². The van der Waals surface area contributed by atoms with Crippen LogP contribution in [0.1, 0.15) is 24.1 Å². The average Bonchev–Trinajstić information content (AvgIpc) is 2.05. The fraction of sp³-hybridized carbons (Fsp3) is 0.333. The van der Waals surface area contributed by atoms with Crippen LogP contribution in [0.15, 0.2) is 18.2 Å². The highest BCUT2D eigenvalue weighted by Gasteiger charge is 2.06. The quantitative estimate of drug-likeness (QED) is 0.773. The number of aliphatic hydroxyl groups is 1. The smallest absolute Gasteiger partial charge is 0.127 e. The molecule has 0 heterocycles. The number of hydrogen-bond donors (Lipinski definition) is 2. The third-order valence-electron chi connectivity index (χ3n) is 1.73. The average molecular weight is 206 g/mol. The fourth-order valence-electron chi connectivity index (χ4n) is 1.04. The van der Waals surface area contributed by atoms with E-state index in [1.165, 1.54) is 6.07 Å². The van der Waals surface area contributed by atoms with E-state index in [-0.39, 0.29) is 30.9 Å². The SMILES string of the molecule is C[C@@H](N)c1cc(CO)ccc1F.Cl. The molecule has 0 aliphatic heterocycles. The minimum Gasteiger partial charge on any atom is -0.392 e. The number of benzene rings is 1. The van der Waals surface area contributed by atoms with Crippen LogP contribution in [0.5, 0.6) is 0 Å². The molecule has 1 rings (SSSR count). The molecule has 0 saturated carbocycles. The number of hydrogen-bond acceptors (Lipinski definition) is 2. The summed E-state index contributed by atoms with van der Waals surface area (Å²) < 4.78 is 13.0. The Balaban J connectivity index is 0.00000144. The van der Waals surface area contributed by atoms with E-state index in [1.54, 1.807) is 19.1 Å². The van der Waals surface area contributed by atoms with Crippen molar-refractivity contribution in [2.24, 2.45) is 5.73 Å². The Hall–Kier alpha value is -0.640. The van der Waals surface area contributed by atoms with Crippen LogP contribution in [0.4, 0.5) is 4.39 Å². The van der Waals surface area contributed by atoms with Gasteiger partial charge in [0.1, 0.15) is 5.82 Å². The maximum Gasteiger partial charge on any atom is 0.127 e. The molecular formula is C9H13ClFNO. The Bertz CT molecular complexity index is 278. The van der Waals surface area contributed by atoms with Gasteiger partial charge in [0.05, 0.1) is 6.61 Å². The van der Waals surface area contributed by atoms with Gasteiger partial charge in [0, 0.05) is 11.6 Å². The lowest BCUT2D eigenvalue weighted by Crippen LogP contribution is -2.07. The van der Waals surface area contributed by atoms with Crippen molar-refractivity contribution in [1.29, 1.82) is 0 Å². The van der Waals surface area contributed by atoms with Crippen molar-refractivity contribution in [1.82, 2.24) is 0 Å². The highest BCUT2D eigenvalue weighted by molar-refractivity contribution is 5.85. The third kappa shape index (κ3) is 2.95. The summed E-state index contributed by atoms with van der Waals surface area (Å²) in [5.74, 6) is -0.317. The van der Waals surface area contributed by atoms with Gasteiger partial charge in [0.25, 0.3) is 0 Å². The van der Waals surface area contributed by atoms with Gasteiger partial charge in [-0.3, -0.25) is 0 Å². The van der Waals surface area contributed by atoms with Gasteiger partial charge in [-0.1, -0.05) is 6.07 Å². The Kier molecular flexibility index (Phi) is 4.91. The summed E-state index contributed by atoms with van der Waals surface area (Å²) in [4.78, 5) is 0. The van der Waals surface area contributed by atoms with Crippen molar-refractivity contribution in [2.75, 3.05) is 0 Å². The Labute approximate surface area is 83.0 Å². The minimum absolute atomic E-state index is 0. The van der Waals surface area contributed by atoms with Gasteiger partial charge in [0.2, 0.25) is 0 Å². The highest BCUT2D eigenvalue weighted by Crippen LogP contribution is 2.16. The van der Waals surface area contributed by atoms with E-state index in [1.807, 2.05) is 0 Å². The molecular weight excluding hydrogens is 193 g/mol. The Morgan fingerprint density at radius 3 is 2.62 bits per heavy atom. The summed E-state index contributed by atoms with van der Waals surface area (Å²) in [5, 5.41) is 8.77. The topological polar surface area (TPSA) is 46.2 Å². The zero-order chi connectivity index (χ0) is 9.14. The van der Waals surface area contributed by atoms with E-state index in [4.69, 9.17) is 10.8 Å². The summed E-state index contributed by atoms with van der Waals surface area (Å²) in [5.41, 5.74) is 6.65. The van der Waals surface area contributed by atoms with E-state index >= 15 is 0 Å². The van der Waals surface area contributed by atoms with Crippen LogP contribution in [0, 0.1) is 5.82 Å². The van der Waals surface area contributed by atoms with Gasteiger partial charge in [0.15, 0.2) is 0 Å². The first-order chi connectivity index (χ1) is 5.65. The van der Waals surface area contributed by atoms with Gasteiger partial charge in [-0.15, -0.1) is 12.4 Å². The first-order valence-electron chi connectivity index (χ1n) is 3.80. The van der Waals surface area contributed by atoms with Crippen molar-refractivity contribution < 1.29 is 9.50 Å². The molecule has 1 aromatic rings. The summed E-state index contributed by atoms with van der Waals surface area (Å²) in [6.45, 7) is 1.62. The molecule has 0 radical (unpaired) electrons. The Morgan fingerprint density at radius 2 is 2.15 bits per heavy atom. The van der Waals surface area contributed by atoms with Gasteiger partial charge in [-0.25, -0.2) is 4.39 Å². The molecule has 1 atom stereocenters. The zero-order valence-corrected chi connectivity index (χ0v) is 8.14. The molecule has 3 N–H and O–H groups in total. The highest BCUT2D eigenvalue weighted by atomic mass is 35.5. The first kappa shape index (κ1) is 12.4. The van der Waals surface area contributed by atoms with Crippen molar-refractivity contribution in [3.8, 4) is 0 Å². The van der Waals surface area contributed by atoms with Gasteiger partial charge in [-0.2, -0.15) is 0 Å². The molecule has 0 amide bonds. The Morgan fingerprint density at radius 1 is 1.54 bits per heavy atom. The molecule has 2 nitrogen and oxygen atoms in total. The van der Waals surface area contributed by atoms with Gasteiger partial charge in [-0.05, 0) is 24.6 Å². The van der Waals surface area contributed by atoms with Gasteiger partial charge >= 0.3 is 0 Å². The molecule has 0 fully saturated rings. The lowest BCUT2D eigenvalue weighted by atomic mass is 10.1. The van der Waals surface area contributed by atoms with Crippen molar-refractivity contribution in [2.45, 2.75) is 19.6 Å². The maximum absolute atomic E-state index is 13.0. The van der Waals surface area contributed by atoms with Crippen LogP contribution >= 0.6 is 12.4 Å². The summed E-state index contributed by atoms with van der Waals surface area (Å²) in [7, 11) is 0. The lowest BCUT2D eigenvalue weighted by Gasteiger charge is -2.08. The molecule has 0 unspecified atom stereocenters. The number of aliphatic hydroxyl groups excluding tert-OH is 1. The molecule has 0 aromatic heterocycles. The molecule has 0 bridgehead atoms. The largest absolute Gasteiger partial charge is 0.392 e. The van der Waals surface area contributed by atoms with E-state index in [2.05, 4.69) is 0 Å². The number of rotatable bonds is 2. The van der Waals surface area contributed by atoms with Crippen LogP contribution in [0.25, 0.3) is 0 Å². The van der Waals surface area contributed by atoms with Crippen molar-refractivity contribution >= 4 is 12.4 Å². The van der Waals surface area contributed by atoms with E-state index in [0.717, 1.165) is 0 Å². The lowest BCUT2D eigenvalue weighted by molar-refractivity contribution is 0.281. The van der Waals surface area contributed by atoms with Crippen LogP contribution in [-0.2, 0) is 6.61 Å². The van der Waals surface area contributed by atoms with Gasteiger partial charge < -0.3 is 10.8 Å².